The second-order valence-corrected chi connectivity index (χ2v) is 7.37. The molecule has 0 atom stereocenters. The number of H-pyrrole nitrogens is 1. The largest absolute Gasteiger partial charge is 0.358 e. The van der Waals surface area contributed by atoms with Crippen molar-refractivity contribution < 1.29 is 4.79 Å². The number of amides is 1. The first-order chi connectivity index (χ1) is 13.6. The van der Waals surface area contributed by atoms with Gasteiger partial charge < -0.3 is 10.3 Å². The lowest BCUT2D eigenvalue weighted by molar-refractivity contribution is -0.122. The van der Waals surface area contributed by atoms with Gasteiger partial charge in [-0.15, -0.1) is 0 Å². The van der Waals surface area contributed by atoms with Crippen molar-refractivity contribution in [1.29, 1.82) is 0 Å². The predicted molar refractivity (Wildman–Crippen MR) is 111 cm³/mol. The Labute approximate surface area is 164 Å². The van der Waals surface area contributed by atoms with Crippen LogP contribution in [0.15, 0.2) is 53.3 Å². The van der Waals surface area contributed by atoms with E-state index in [0.29, 0.717) is 19.6 Å². The summed E-state index contributed by atoms with van der Waals surface area (Å²) in [5.41, 5.74) is 5.02. The van der Waals surface area contributed by atoms with Crippen molar-refractivity contribution in [2.24, 2.45) is 0 Å². The first kappa shape index (κ1) is 18.4. The molecule has 1 aliphatic heterocycles. The van der Waals surface area contributed by atoms with E-state index < -0.39 is 0 Å². The monoisotopic (exact) mass is 375 g/mol. The Morgan fingerprint density at radius 2 is 1.96 bits per heavy atom. The van der Waals surface area contributed by atoms with Crippen molar-refractivity contribution in [2.45, 2.75) is 32.9 Å². The van der Waals surface area contributed by atoms with E-state index in [4.69, 9.17) is 0 Å². The fourth-order valence-electron chi connectivity index (χ4n) is 3.79. The van der Waals surface area contributed by atoms with Crippen molar-refractivity contribution in [1.82, 2.24) is 15.2 Å². The number of aromatic nitrogens is 1. The van der Waals surface area contributed by atoms with Crippen LogP contribution >= 0.6 is 0 Å². The third-order valence-corrected chi connectivity index (χ3v) is 5.42. The molecule has 0 fully saturated rings. The molecule has 1 aliphatic rings. The lowest BCUT2D eigenvalue weighted by atomic mass is 10.0. The Hall–Kier alpha value is -2.92. The molecule has 0 spiro atoms. The molecule has 0 bridgehead atoms. The van der Waals surface area contributed by atoms with Crippen molar-refractivity contribution in [3.8, 4) is 0 Å². The summed E-state index contributed by atoms with van der Waals surface area (Å²) < 4.78 is 0. The van der Waals surface area contributed by atoms with Gasteiger partial charge in [-0.3, -0.25) is 14.5 Å². The van der Waals surface area contributed by atoms with Crippen LogP contribution < -0.4 is 10.7 Å². The van der Waals surface area contributed by atoms with Crippen molar-refractivity contribution in [3.63, 3.8) is 0 Å². The van der Waals surface area contributed by atoms with Gasteiger partial charge >= 0.3 is 0 Å². The highest BCUT2D eigenvalue weighted by Crippen LogP contribution is 2.19. The van der Waals surface area contributed by atoms with Gasteiger partial charge in [-0.05, 0) is 29.7 Å². The Morgan fingerprint density at radius 1 is 1.14 bits per heavy atom. The van der Waals surface area contributed by atoms with Crippen LogP contribution in [0.1, 0.15) is 29.3 Å². The van der Waals surface area contributed by atoms with E-state index in [0.717, 1.165) is 52.7 Å². The summed E-state index contributed by atoms with van der Waals surface area (Å²) in [6.07, 6.45) is 1.65. The number of pyridine rings is 1. The van der Waals surface area contributed by atoms with Crippen LogP contribution in [0, 0.1) is 0 Å². The quantitative estimate of drug-likeness (QED) is 0.721. The minimum absolute atomic E-state index is 0.0159. The first-order valence-corrected chi connectivity index (χ1v) is 9.83. The summed E-state index contributed by atoms with van der Waals surface area (Å²) in [5.74, 6) is -0.0159. The van der Waals surface area contributed by atoms with Crippen LogP contribution in [0.4, 0.5) is 0 Å². The first-order valence-electron chi connectivity index (χ1n) is 9.83. The molecule has 0 aliphatic carbocycles. The molecular formula is C23H25N3O2. The number of rotatable bonds is 5. The number of aromatic amines is 1. The predicted octanol–water partition coefficient (Wildman–Crippen LogP) is 2.77. The Morgan fingerprint density at radius 3 is 2.75 bits per heavy atom. The lowest BCUT2D eigenvalue weighted by Crippen LogP contribution is -2.41. The topological polar surface area (TPSA) is 65.2 Å². The van der Waals surface area contributed by atoms with Gasteiger partial charge in [-0.2, -0.15) is 0 Å². The van der Waals surface area contributed by atoms with E-state index >= 15 is 0 Å². The molecule has 0 saturated carbocycles. The summed E-state index contributed by atoms with van der Waals surface area (Å²) in [7, 11) is 0. The maximum Gasteiger partial charge on any atom is 0.234 e. The summed E-state index contributed by atoms with van der Waals surface area (Å²) in [6, 6.07) is 15.9. The minimum atomic E-state index is -0.0159. The van der Waals surface area contributed by atoms with Gasteiger partial charge in [0.25, 0.3) is 0 Å². The number of nitrogens with one attached hydrogen (secondary N) is 2. The fraction of sp³-hybridized carbons (Fsp3) is 0.304. The normalized spacial score (nSPS) is 14.0. The molecular weight excluding hydrogens is 350 g/mol. The molecule has 2 N–H and O–H groups in total. The van der Waals surface area contributed by atoms with Gasteiger partial charge in [0.05, 0.1) is 6.54 Å². The molecule has 0 saturated heterocycles. The summed E-state index contributed by atoms with van der Waals surface area (Å²) in [4.78, 5) is 30.9. The van der Waals surface area contributed by atoms with Crippen molar-refractivity contribution >= 4 is 16.8 Å². The minimum Gasteiger partial charge on any atom is -0.358 e. The van der Waals surface area contributed by atoms with Gasteiger partial charge in [0, 0.05) is 48.2 Å². The summed E-state index contributed by atoms with van der Waals surface area (Å²) in [6.45, 7) is 4.19. The van der Waals surface area contributed by atoms with E-state index in [-0.39, 0.29) is 11.3 Å². The zero-order chi connectivity index (χ0) is 19.5. The molecule has 2 aromatic carbocycles. The maximum atomic E-state index is 13.0. The molecule has 28 heavy (non-hydrogen) atoms. The van der Waals surface area contributed by atoms with Gasteiger partial charge in [0.15, 0.2) is 5.43 Å². The number of carbonyl (C=O) groups is 1. The second-order valence-electron chi connectivity index (χ2n) is 7.37. The van der Waals surface area contributed by atoms with Crippen LogP contribution in [0.5, 0.6) is 0 Å². The second kappa shape index (κ2) is 7.98. The van der Waals surface area contributed by atoms with E-state index in [1.54, 1.807) is 0 Å². The smallest absolute Gasteiger partial charge is 0.234 e. The molecule has 5 nitrogen and oxygen atoms in total. The van der Waals surface area contributed by atoms with E-state index in [1.165, 1.54) is 0 Å². The Kier molecular flexibility index (Phi) is 5.26. The van der Waals surface area contributed by atoms with E-state index in [2.05, 4.69) is 23.3 Å². The third kappa shape index (κ3) is 3.85. The number of hydrogen-bond acceptors (Lipinski definition) is 3. The molecule has 0 radical (unpaired) electrons. The van der Waals surface area contributed by atoms with Crippen LogP contribution in [0.3, 0.4) is 0 Å². The Bertz CT molecular complexity index is 1060. The zero-order valence-electron chi connectivity index (χ0n) is 16.1. The Balaban J connectivity index is 1.47. The molecule has 5 heteroatoms. The van der Waals surface area contributed by atoms with Gasteiger partial charge in [-0.1, -0.05) is 43.3 Å². The number of aryl methyl sites for hydroxylation is 1. The summed E-state index contributed by atoms with van der Waals surface area (Å²) in [5, 5.41) is 3.71. The molecule has 144 valence electrons. The number of fused-ring (bicyclic) bond motifs is 2. The van der Waals surface area contributed by atoms with Gasteiger partial charge in [0.2, 0.25) is 5.91 Å². The van der Waals surface area contributed by atoms with Gasteiger partial charge in [0.1, 0.15) is 0 Å². The molecule has 1 aromatic heterocycles. The standard InChI is InChI=1S/C23H25N3O2/c1-2-16-8-9-20-18(12-16)23(28)19-14-26(11-10-21(19)25-20)15-22(27)24-13-17-6-4-3-5-7-17/h3-9,12H,2,10-11,13-15H2,1H3,(H,24,27)(H,25,28). The number of nitrogens with zero attached hydrogens (tertiary/aromatic N) is 1. The van der Waals surface area contributed by atoms with E-state index in [1.807, 2.05) is 47.4 Å². The molecule has 0 unspecified atom stereocenters. The lowest BCUT2D eigenvalue weighted by Gasteiger charge is -2.28. The zero-order valence-corrected chi connectivity index (χ0v) is 16.1. The van der Waals surface area contributed by atoms with E-state index in [9.17, 15) is 9.59 Å². The molecule has 2 heterocycles. The number of benzene rings is 2. The van der Waals surface area contributed by atoms with Crippen molar-refractivity contribution in [3.05, 3.63) is 81.1 Å². The molecule has 1 amide bonds. The summed E-state index contributed by atoms with van der Waals surface area (Å²) >= 11 is 0. The van der Waals surface area contributed by atoms with Gasteiger partial charge in [-0.25, -0.2) is 0 Å². The highest BCUT2D eigenvalue weighted by atomic mass is 16.2. The number of carbonyl (C=O) groups excluding carboxylic acids is 1. The van der Waals surface area contributed by atoms with Crippen LogP contribution in [-0.4, -0.2) is 28.9 Å². The maximum absolute atomic E-state index is 13.0. The SMILES string of the molecule is CCc1ccc2[nH]c3c(c(=O)c2c1)CN(CC(=O)NCc1ccccc1)CC3. The van der Waals surface area contributed by atoms with Crippen LogP contribution in [-0.2, 0) is 30.7 Å². The van der Waals surface area contributed by atoms with Crippen LogP contribution in [0.2, 0.25) is 0 Å². The highest BCUT2D eigenvalue weighted by Gasteiger charge is 2.22. The molecule has 4 rings (SSSR count). The number of hydrogen-bond donors (Lipinski definition) is 2. The average molecular weight is 375 g/mol. The third-order valence-electron chi connectivity index (χ3n) is 5.42. The van der Waals surface area contributed by atoms with Crippen molar-refractivity contribution in [2.75, 3.05) is 13.1 Å². The average Bonchev–Trinajstić information content (AvgIpc) is 2.73. The fourth-order valence-corrected chi connectivity index (χ4v) is 3.79. The molecule has 3 aromatic rings. The highest BCUT2D eigenvalue weighted by molar-refractivity contribution is 5.80. The van der Waals surface area contributed by atoms with Crippen LogP contribution in [0.25, 0.3) is 10.9 Å².